The normalized spacial score (nSPS) is 15.9. The highest BCUT2D eigenvalue weighted by molar-refractivity contribution is 7.09. The number of benzene rings is 1. The molecule has 1 heterocycles. The van der Waals surface area contributed by atoms with E-state index in [9.17, 15) is 33.1 Å². The van der Waals surface area contributed by atoms with E-state index in [1.54, 1.807) is 11.9 Å². The van der Waals surface area contributed by atoms with Crippen LogP contribution in [0.5, 0.6) is 0 Å². The third-order valence-corrected chi connectivity index (χ3v) is 8.35. The Labute approximate surface area is 248 Å². The third-order valence-electron chi connectivity index (χ3n) is 7.41. The molecule has 2 N–H and O–H groups in total. The van der Waals surface area contributed by atoms with Crippen molar-refractivity contribution in [2.45, 2.75) is 84.4 Å². The number of esters is 1. The molecule has 0 saturated heterocycles. The highest BCUT2D eigenvalue weighted by Gasteiger charge is 2.33. The number of halogens is 2. The lowest BCUT2D eigenvalue weighted by Crippen LogP contribution is -2.42. The second kappa shape index (κ2) is 14.7. The lowest BCUT2D eigenvalue weighted by molar-refractivity contribution is -0.148. The summed E-state index contributed by atoms with van der Waals surface area (Å²) >= 11 is 1.13. The Balaban J connectivity index is 1.78. The highest BCUT2D eigenvalue weighted by atomic mass is 32.1. The third kappa shape index (κ3) is 9.85. The number of thiazole rings is 1. The van der Waals surface area contributed by atoms with Crippen LogP contribution in [0, 0.1) is 29.4 Å². The van der Waals surface area contributed by atoms with Gasteiger partial charge in [-0.2, -0.15) is 0 Å². The van der Waals surface area contributed by atoms with Crippen molar-refractivity contribution >= 4 is 35.1 Å². The number of hydrogen-bond acceptors (Lipinski definition) is 7. The van der Waals surface area contributed by atoms with Gasteiger partial charge in [-0.15, -0.1) is 11.3 Å². The minimum atomic E-state index is -1.07. The molecule has 0 spiro atoms. The summed E-state index contributed by atoms with van der Waals surface area (Å²) in [4.78, 5) is 55.7. The van der Waals surface area contributed by atoms with Crippen LogP contribution in [-0.4, -0.2) is 57.9 Å². The molecule has 1 aliphatic carbocycles. The summed E-state index contributed by atoms with van der Waals surface area (Å²) in [6.45, 7) is 6.74. The lowest BCUT2D eigenvalue weighted by Gasteiger charge is -2.33. The first-order valence-electron chi connectivity index (χ1n) is 14.1. The van der Waals surface area contributed by atoms with Crippen LogP contribution in [0.3, 0.4) is 0 Å². The van der Waals surface area contributed by atoms with Crippen LogP contribution in [-0.2, 0) is 25.5 Å². The zero-order chi connectivity index (χ0) is 31.1. The lowest BCUT2D eigenvalue weighted by atomic mass is 9.95. The van der Waals surface area contributed by atoms with Gasteiger partial charge in [0.1, 0.15) is 22.3 Å². The molecule has 1 fully saturated rings. The molecule has 3 rings (SSSR count). The Morgan fingerprint density at radius 2 is 1.76 bits per heavy atom. The maximum atomic E-state index is 13.8. The zero-order valence-electron chi connectivity index (χ0n) is 24.6. The Morgan fingerprint density at radius 1 is 1.12 bits per heavy atom. The number of ether oxygens (including phenoxy) is 1. The minimum absolute atomic E-state index is 0.00238. The van der Waals surface area contributed by atoms with Gasteiger partial charge in [0, 0.05) is 50.3 Å². The van der Waals surface area contributed by atoms with Crippen molar-refractivity contribution in [1.29, 1.82) is 0 Å². The van der Waals surface area contributed by atoms with Crippen molar-refractivity contribution < 1.29 is 37.8 Å². The van der Waals surface area contributed by atoms with Crippen LogP contribution >= 0.6 is 11.3 Å². The summed E-state index contributed by atoms with van der Waals surface area (Å²) in [5.41, 5.74) is 0.300. The molecule has 2 aromatic rings. The Kier molecular flexibility index (Phi) is 11.6. The van der Waals surface area contributed by atoms with E-state index < -0.39 is 47.5 Å². The molecule has 1 aliphatic rings. The molecule has 4 atom stereocenters. The SMILES string of the molecule is CC(=O)O[C@H](CC(C(C)C)N(C)C(=O)CC1CC1)c1nc(C(=O)N[C@@H](Cc2cc(F)cc(F)c2)CC(C)C(=O)O)cs1. The Bertz CT molecular complexity index is 1260. The fourth-order valence-corrected chi connectivity index (χ4v) is 5.77. The van der Waals surface area contributed by atoms with E-state index in [0.29, 0.717) is 23.8 Å². The number of nitrogens with zero attached hydrogens (tertiary/aromatic N) is 2. The summed E-state index contributed by atoms with van der Waals surface area (Å²) < 4.78 is 33.1. The van der Waals surface area contributed by atoms with E-state index in [1.165, 1.54) is 19.2 Å². The molecule has 2 amide bonds. The number of aliphatic carboxylic acids is 1. The molecule has 12 heteroatoms. The van der Waals surface area contributed by atoms with E-state index >= 15 is 0 Å². The van der Waals surface area contributed by atoms with E-state index in [0.717, 1.165) is 42.4 Å². The van der Waals surface area contributed by atoms with E-state index in [1.807, 2.05) is 13.8 Å². The fraction of sp³-hybridized carbons (Fsp3) is 0.567. The number of rotatable bonds is 15. The summed E-state index contributed by atoms with van der Waals surface area (Å²) in [6.07, 6.45) is 2.12. The van der Waals surface area contributed by atoms with Gasteiger partial charge in [0.25, 0.3) is 5.91 Å². The van der Waals surface area contributed by atoms with Gasteiger partial charge in [0.2, 0.25) is 5.91 Å². The maximum absolute atomic E-state index is 13.8. The van der Waals surface area contributed by atoms with E-state index in [4.69, 9.17) is 4.74 Å². The molecule has 1 aromatic carbocycles. The number of carboxylic acid groups (broad SMARTS) is 1. The number of carboxylic acids is 1. The van der Waals surface area contributed by atoms with Crippen molar-refractivity contribution in [2.24, 2.45) is 17.8 Å². The van der Waals surface area contributed by atoms with Crippen molar-refractivity contribution in [3.63, 3.8) is 0 Å². The molecule has 42 heavy (non-hydrogen) atoms. The number of nitrogens with one attached hydrogen (secondary N) is 1. The monoisotopic (exact) mass is 607 g/mol. The Hall–Kier alpha value is -3.41. The molecule has 0 bridgehead atoms. The van der Waals surface area contributed by atoms with Crippen LogP contribution in [0.25, 0.3) is 0 Å². The van der Waals surface area contributed by atoms with Crippen LogP contribution in [0.15, 0.2) is 23.6 Å². The van der Waals surface area contributed by atoms with Gasteiger partial charge in [-0.1, -0.05) is 20.8 Å². The van der Waals surface area contributed by atoms with E-state index in [-0.39, 0.29) is 42.0 Å². The van der Waals surface area contributed by atoms with Gasteiger partial charge in [-0.25, -0.2) is 13.8 Å². The molecule has 0 radical (unpaired) electrons. The molecule has 2 unspecified atom stereocenters. The predicted octanol–water partition coefficient (Wildman–Crippen LogP) is 5.15. The average molecular weight is 608 g/mol. The molecule has 1 saturated carbocycles. The van der Waals surface area contributed by atoms with Crippen molar-refractivity contribution in [1.82, 2.24) is 15.2 Å². The fourth-order valence-electron chi connectivity index (χ4n) is 4.93. The number of hydrogen-bond donors (Lipinski definition) is 2. The molecular weight excluding hydrogens is 568 g/mol. The minimum Gasteiger partial charge on any atom is -0.481 e. The first kappa shape index (κ1) is 33.1. The standard InChI is InChI=1S/C30H39F2N3O6S/c1-16(2)25(35(5)27(37)12-19-6-7-19)14-26(41-18(4)36)29-34-24(15-42-29)28(38)33-23(8-17(3)30(39)40)11-20-9-21(31)13-22(32)10-20/h9-10,13,15-17,19,23,25-26H,6-8,11-12,14H2,1-5H3,(H,33,38)(H,39,40)/t17?,23-,25?,26-/m1/s1. The number of carbonyl (C=O) groups excluding carboxylic acids is 3. The van der Waals surface area contributed by atoms with Gasteiger partial charge in [-0.3, -0.25) is 19.2 Å². The van der Waals surface area contributed by atoms with Gasteiger partial charge >= 0.3 is 11.9 Å². The van der Waals surface area contributed by atoms with E-state index in [2.05, 4.69) is 10.3 Å². The van der Waals surface area contributed by atoms with Crippen LogP contribution in [0.1, 0.15) is 87.0 Å². The summed E-state index contributed by atoms with van der Waals surface area (Å²) in [5.74, 6) is -4.06. The zero-order valence-corrected chi connectivity index (χ0v) is 25.4. The maximum Gasteiger partial charge on any atom is 0.306 e. The summed E-state index contributed by atoms with van der Waals surface area (Å²) in [6, 6.07) is 2.01. The summed E-state index contributed by atoms with van der Waals surface area (Å²) in [5, 5.41) is 14.0. The topological polar surface area (TPSA) is 126 Å². The van der Waals surface area contributed by atoms with Crippen molar-refractivity contribution in [2.75, 3.05) is 7.05 Å². The highest BCUT2D eigenvalue weighted by Crippen LogP contribution is 2.35. The number of aromatic nitrogens is 1. The van der Waals surface area contributed by atoms with Crippen LogP contribution in [0.2, 0.25) is 0 Å². The van der Waals surface area contributed by atoms with Crippen molar-refractivity contribution in [3.05, 3.63) is 51.5 Å². The number of amides is 2. The smallest absolute Gasteiger partial charge is 0.306 e. The largest absolute Gasteiger partial charge is 0.481 e. The van der Waals surface area contributed by atoms with Gasteiger partial charge in [0.15, 0.2) is 6.10 Å². The summed E-state index contributed by atoms with van der Waals surface area (Å²) in [7, 11) is 1.75. The van der Waals surface area contributed by atoms with Crippen molar-refractivity contribution in [3.8, 4) is 0 Å². The average Bonchev–Trinajstić information content (AvgIpc) is 3.55. The molecule has 0 aliphatic heterocycles. The second-order valence-corrected chi connectivity index (χ2v) is 12.4. The van der Waals surface area contributed by atoms with Crippen LogP contribution in [0.4, 0.5) is 8.78 Å². The molecular formula is C30H39F2N3O6S. The van der Waals surface area contributed by atoms with Gasteiger partial charge in [-0.05, 0) is 55.2 Å². The first-order valence-corrected chi connectivity index (χ1v) is 15.0. The van der Waals surface area contributed by atoms with Crippen LogP contribution < -0.4 is 5.32 Å². The second-order valence-electron chi connectivity index (χ2n) is 11.5. The number of carbonyl (C=O) groups is 4. The Morgan fingerprint density at radius 3 is 2.31 bits per heavy atom. The predicted molar refractivity (Wildman–Crippen MR) is 153 cm³/mol. The quantitative estimate of drug-likeness (QED) is 0.268. The molecule has 230 valence electrons. The molecule has 9 nitrogen and oxygen atoms in total. The van der Waals surface area contributed by atoms with Gasteiger partial charge in [0.05, 0.1) is 5.92 Å². The molecule has 1 aromatic heterocycles. The van der Waals surface area contributed by atoms with Gasteiger partial charge < -0.3 is 20.1 Å². The first-order chi connectivity index (χ1) is 19.7.